The summed E-state index contributed by atoms with van der Waals surface area (Å²) in [6.45, 7) is 0. The van der Waals surface area contributed by atoms with Crippen LogP contribution < -0.4 is 0 Å². The van der Waals surface area contributed by atoms with Crippen molar-refractivity contribution in [3.63, 3.8) is 0 Å². The maximum Gasteiger partial charge on any atom is 0.214 e. The standard InChI is InChI=1S/C11H11ClN4O3S2/c12-7-1-3-8(4-2-7)16-11(13-14-15-16)20-10-6-21(18,19)5-9(10)17/h1-4,9-10,17H,5-6H2/t9-,10-/m0/s1. The Kier molecular flexibility index (Phi) is 3.91. The fourth-order valence-corrected chi connectivity index (χ4v) is 5.64. The van der Waals surface area contributed by atoms with Crippen molar-refractivity contribution in [1.29, 1.82) is 0 Å². The van der Waals surface area contributed by atoms with Crippen molar-refractivity contribution in [2.24, 2.45) is 0 Å². The number of nitrogens with zero attached hydrogens (tertiary/aromatic N) is 4. The first-order chi connectivity index (χ1) is 9.94. The van der Waals surface area contributed by atoms with Gasteiger partial charge in [0.25, 0.3) is 0 Å². The molecule has 21 heavy (non-hydrogen) atoms. The summed E-state index contributed by atoms with van der Waals surface area (Å²) in [4.78, 5) is 0. The van der Waals surface area contributed by atoms with Gasteiger partial charge in [-0.15, -0.1) is 5.10 Å². The van der Waals surface area contributed by atoms with E-state index in [0.717, 1.165) is 11.8 Å². The lowest BCUT2D eigenvalue weighted by atomic mass is 10.3. The number of thioether (sulfide) groups is 1. The van der Waals surface area contributed by atoms with Crippen LogP contribution in [0.4, 0.5) is 0 Å². The Morgan fingerprint density at radius 3 is 2.62 bits per heavy atom. The molecule has 0 amide bonds. The molecule has 1 aliphatic rings. The first kappa shape index (κ1) is 14.8. The summed E-state index contributed by atoms with van der Waals surface area (Å²) >= 11 is 6.99. The number of tetrazole rings is 1. The largest absolute Gasteiger partial charge is 0.391 e. The molecule has 0 aliphatic carbocycles. The van der Waals surface area contributed by atoms with E-state index in [-0.39, 0.29) is 11.5 Å². The van der Waals surface area contributed by atoms with Crippen LogP contribution >= 0.6 is 23.4 Å². The number of hydrogen-bond acceptors (Lipinski definition) is 7. The predicted molar refractivity (Wildman–Crippen MR) is 78.5 cm³/mol. The number of rotatable bonds is 3. The van der Waals surface area contributed by atoms with Gasteiger partial charge in [0.2, 0.25) is 5.16 Å². The molecule has 2 atom stereocenters. The third-order valence-electron chi connectivity index (χ3n) is 3.04. The zero-order chi connectivity index (χ0) is 15.0. The number of sulfone groups is 1. The molecule has 0 radical (unpaired) electrons. The van der Waals surface area contributed by atoms with Crippen molar-refractivity contribution < 1.29 is 13.5 Å². The molecule has 2 heterocycles. The normalized spacial score (nSPS) is 24.3. The van der Waals surface area contributed by atoms with Gasteiger partial charge in [0.1, 0.15) is 0 Å². The van der Waals surface area contributed by atoms with Crippen LogP contribution in [0.25, 0.3) is 5.69 Å². The lowest BCUT2D eigenvalue weighted by Crippen LogP contribution is -2.20. The van der Waals surface area contributed by atoms with Crippen molar-refractivity contribution >= 4 is 33.2 Å². The highest BCUT2D eigenvalue weighted by molar-refractivity contribution is 8.01. The SMILES string of the molecule is O=S1(=O)C[C@H](Sc2nnnn2-c2ccc(Cl)cc2)[C@@H](O)C1. The van der Waals surface area contributed by atoms with Crippen LogP contribution in [0.2, 0.25) is 5.02 Å². The van der Waals surface area contributed by atoms with Crippen molar-refractivity contribution in [2.75, 3.05) is 11.5 Å². The second-order valence-electron chi connectivity index (χ2n) is 4.65. The van der Waals surface area contributed by atoms with E-state index in [4.69, 9.17) is 11.6 Å². The quantitative estimate of drug-likeness (QED) is 0.867. The molecule has 1 aliphatic heterocycles. The lowest BCUT2D eigenvalue weighted by molar-refractivity contribution is 0.207. The van der Waals surface area contributed by atoms with Crippen molar-refractivity contribution in [3.8, 4) is 5.69 Å². The molecule has 1 saturated heterocycles. The molecule has 2 aromatic rings. The van der Waals surface area contributed by atoms with Crippen LogP contribution in [0, 0.1) is 0 Å². The Balaban J connectivity index is 1.85. The average molecular weight is 347 g/mol. The Labute approximate surface area is 130 Å². The summed E-state index contributed by atoms with van der Waals surface area (Å²) in [7, 11) is -3.20. The third kappa shape index (κ3) is 3.20. The van der Waals surface area contributed by atoms with E-state index in [1.165, 1.54) is 4.68 Å². The molecule has 0 bridgehead atoms. The smallest absolute Gasteiger partial charge is 0.214 e. The first-order valence-electron chi connectivity index (χ1n) is 6.04. The molecule has 10 heteroatoms. The van der Waals surface area contributed by atoms with Crippen LogP contribution in [-0.4, -0.2) is 56.6 Å². The van der Waals surface area contributed by atoms with E-state index in [0.29, 0.717) is 15.9 Å². The van der Waals surface area contributed by atoms with Gasteiger partial charge in [-0.25, -0.2) is 8.42 Å². The van der Waals surface area contributed by atoms with E-state index in [9.17, 15) is 13.5 Å². The van der Waals surface area contributed by atoms with Crippen LogP contribution in [0.3, 0.4) is 0 Å². The van der Waals surface area contributed by atoms with Gasteiger partial charge in [0.05, 0.1) is 28.5 Å². The topological polar surface area (TPSA) is 98.0 Å². The molecule has 1 N–H and O–H groups in total. The van der Waals surface area contributed by atoms with E-state index in [1.807, 2.05) is 0 Å². The summed E-state index contributed by atoms with van der Waals surface area (Å²) in [6.07, 6.45) is -0.907. The fraction of sp³-hybridized carbons (Fsp3) is 0.364. The zero-order valence-corrected chi connectivity index (χ0v) is 13.0. The number of aliphatic hydroxyl groups excluding tert-OH is 1. The van der Waals surface area contributed by atoms with Crippen molar-refractivity contribution in [3.05, 3.63) is 29.3 Å². The van der Waals surface area contributed by atoms with Gasteiger partial charge in [-0.2, -0.15) is 4.68 Å². The maximum absolute atomic E-state index is 11.5. The summed E-state index contributed by atoms with van der Waals surface area (Å²) < 4.78 is 24.5. The molecule has 1 fully saturated rings. The molecule has 1 aromatic heterocycles. The van der Waals surface area contributed by atoms with Gasteiger partial charge in [-0.05, 0) is 34.7 Å². The Hall–Kier alpha value is -1.16. The molecule has 0 saturated carbocycles. The molecule has 0 spiro atoms. The Morgan fingerprint density at radius 2 is 2.00 bits per heavy atom. The molecule has 1 aromatic carbocycles. The highest BCUT2D eigenvalue weighted by atomic mass is 35.5. The second kappa shape index (κ2) is 5.56. The summed E-state index contributed by atoms with van der Waals surface area (Å²) in [5, 5.41) is 21.8. The van der Waals surface area contributed by atoms with Gasteiger partial charge in [-0.1, -0.05) is 23.4 Å². The monoisotopic (exact) mass is 346 g/mol. The minimum Gasteiger partial charge on any atom is -0.391 e. The summed E-state index contributed by atoms with van der Waals surface area (Å²) in [6, 6.07) is 6.93. The van der Waals surface area contributed by atoms with Crippen LogP contribution in [0.15, 0.2) is 29.4 Å². The maximum atomic E-state index is 11.5. The number of aliphatic hydroxyl groups is 1. The minimum absolute atomic E-state index is 0.0771. The van der Waals surface area contributed by atoms with Crippen molar-refractivity contribution in [1.82, 2.24) is 20.2 Å². The van der Waals surface area contributed by atoms with Crippen molar-refractivity contribution in [2.45, 2.75) is 16.5 Å². The van der Waals surface area contributed by atoms with E-state index in [1.54, 1.807) is 24.3 Å². The number of halogens is 1. The van der Waals surface area contributed by atoms with Gasteiger partial charge in [-0.3, -0.25) is 0 Å². The van der Waals surface area contributed by atoms with Crippen LogP contribution in [-0.2, 0) is 9.84 Å². The van der Waals surface area contributed by atoms with E-state index >= 15 is 0 Å². The van der Waals surface area contributed by atoms with Crippen LogP contribution in [0.5, 0.6) is 0 Å². The lowest BCUT2D eigenvalue weighted by Gasteiger charge is -2.11. The highest BCUT2D eigenvalue weighted by Crippen LogP contribution is 2.30. The first-order valence-corrected chi connectivity index (χ1v) is 9.12. The molecular weight excluding hydrogens is 336 g/mol. The number of benzene rings is 1. The summed E-state index contributed by atoms with van der Waals surface area (Å²) in [5.41, 5.74) is 0.710. The van der Waals surface area contributed by atoms with Gasteiger partial charge >= 0.3 is 0 Å². The molecular formula is C11H11ClN4O3S2. The van der Waals surface area contributed by atoms with Gasteiger partial charge in [0.15, 0.2) is 9.84 Å². The fourth-order valence-electron chi connectivity index (χ4n) is 2.04. The molecule has 112 valence electrons. The summed E-state index contributed by atoms with van der Waals surface area (Å²) in [5.74, 6) is -0.292. The minimum atomic E-state index is -3.20. The van der Waals surface area contributed by atoms with Crippen LogP contribution in [0.1, 0.15) is 0 Å². The molecule has 7 nitrogen and oxygen atoms in total. The zero-order valence-electron chi connectivity index (χ0n) is 10.6. The third-order valence-corrected chi connectivity index (χ3v) is 6.47. The molecule has 0 unspecified atom stereocenters. The Bertz CT molecular complexity index is 747. The number of aromatic nitrogens is 4. The average Bonchev–Trinajstić information content (AvgIpc) is 2.95. The molecule has 3 rings (SSSR count). The Morgan fingerprint density at radius 1 is 1.29 bits per heavy atom. The van der Waals surface area contributed by atoms with E-state index in [2.05, 4.69) is 15.5 Å². The number of hydrogen-bond donors (Lipinski definition) is 1. The van der Waals surface area contributed by atoms with Gasteiger partial charge < -0.3 is 5.11 Å². The predicted octanol–water partition coefficient (Wildman–Crippen LogP) is 0.566. The second-order valence-corrected chi connectivity index (χ2v) is 8.45. The van der Waals surface area contributed by atoms with E-state index < -0.39 is 21.2 Å². The highest BCUT2D eigenvalue weighted by Gasteiger charge is 2.38. The van der Waals surface area contributed by atoms with Gasteiger partial charge in [0, 0.05) is 5.02 Å².